The maximum atomic E-state index is 12.9. The molecule has 0 bridgehead atoms. The Bertz CT molecular complexity index is 677. The molecule has 0 atom stereocenters. The second kappa shape index (κ2) is 8.20. The summed E-state index contributed by atoms with van der Waals surface area (Å²) in [6.07, 6.45) is 0. The van der Waals surface area contributed by atoms with Crippen molar-refractivity contribution in [3.63, 3.8) is 0 Å². The summed E-state index contributed by atoms with van der Waals surface area (Å²) >= 11 is 12.3. The number of halogens is 2. The normalized spacial score (nSPS) is 10.4. The lowest BCUT2D eigenvalue weighted by atomic mass is 10.1. The number of amides is 1. The number of ether oxygens (including phenoxy) is 1. The van der Waals surface area contributed by atoms with Crippen LogP contribution in [0.2, 0.25) is 10.0 Å². The van der Waals surface area contributed by atoms with Gasteiger partial charge in [0, 0.05) is 13.1 Å². The molecule has 122 valence electrons. The van der Waals surface area contributed by atoms with E-state index in [1.807, 2.05) is 30.3 Å². The molecular formula is C17H17Cl2NO3. The van der Waals surface area contributed by atoms with E-state index in [2.05, 4.69) is 0 Å². The van der Waals surface area contributed by atoms with Crippen molar-refractivity contribution in [1.29, 1.82) is 0 Å². The van der Waals surface area contributed by atoms with Gasteiger partial charge in [0.1, 0.15) is 5.56 Å². The minimum atomic E-state index is -0.341. The number of hydrogen-bond donors (Lipinski definition) is 1. The quantitative estimate of drug-likeness (QED) is 0.862. The fraction of sp³-hybridized carbons (Fsp3) is 0.235. The molecule has 6 heteroatoms. The van der Waals surface area contributed by atoms with E-state index >= 15 is 0 Å². The van der Waals surface area contributed by atoms with Gasteiger partial charge in [0.05, 0.1) is 23.8 Å². The monoisotopic (exact) mass is 353 g/mol. The Hall–Kier alpha value is -1.75. The molecule has 2 aromatic rings. The van der Waals surface area contributed by atoms with Gasteiger partial charge in [0.25, 0.3) is 5.91 Å². The topological polar surface area (TPSA) is 49.8 Å². The van der Waals surface area contributed by atoms with E-state index in [0.717, 1.165) is 5.56 Å². The number of methoxy groups -OCH3 is 1. The number of aliphatic hydroxyl groups is 1. The van der Waals surface area contributed by atoms with Crippen LogP contribution in [0.5, 0.6) is 5.75 Å². The molecule has 0 heterocycles. The summed E-state index contributed by atoms with van der Waals surface area (Å²) < 4.78 is 5.23. The number of aliphatic hydroxyl groups excluding tert-OH is 1. The second-order valence-corrected chi connectivity index (χ2v) is 5.69. The molecule has 0 aliphatic rings. The number of hydrogen-bond acceptors (Lipinski definition) is 3. The highest BCUT2D eigenvalue weighted by Crippen LogP contribution is 2.34. The maximum absolute atomic E-state index is 12.9. The molecule has 0 aliphatic heterocycles. The third-order valence-electron chi connectivity index (χ3n) is 3.35. The van der Waals surface area contributed by atoms with E-state index < -0.39 is 0 Å². The van der Waals surface area contributed by atoms with Crippen molar-refractivity contribution in [1.82, 2.24) is 4.90 Å². The molecule has 23 heavy (non-hydrogen) atoms. The summed E-state index contributed by atoms with van der Waals surface area (Å²) in [5, 5.41) is 9.84. The summed E-state index contributed by atoms with van der Waals surface area (Å²) in [5.41, 5.74) is 1.15. The highest BCUT2D eigenvalue weighted by Gasteiger charge is 2.24. The van der Waals surface area contributed by atoms with Crippen molar-refractivity contribution in [2.24, 2.45) is 0 Å². The van der Waals surface area contributed by atoms with Crippen LogP contribution in [0.25, 0.3) is 0 Å². The van der Waals surface area contributed by atoms with Crippen LogP contribution in [0.3, 0.4) is 0 Å². The molecule has 4 nitrogen and oxygen atoms in total. The summed E-state index contributed by atoms with van der Waals surface area (Å²) in [4.78, 5) is 14.4. The Balaban J connectivity index is 2.37. The fourth-order valence-corrected chi connectivity index (χ4v) is 2.73. The lowest BCUT2D eigenvalue weighted by molar-refractivity contribution is 0.0704. The Morgan fingerprint density at radius 3 is 2.39 bits per heavy atom. The van der Waals surface area contributed by atoms with E-state index in [1.54, 1.807) is 12.1 Å². The first-order chi connectivity index (χ1) is 11.1. The molecule has 0 saturated heterocycles. The largest absolute Gasteiger partial charge is 0.494 e. The van der Waals surface area contributed by atoms with Crippen molar-refractivity contribution in [3.8, 4) is 5.75 Å². The third-order valence-corrected chi connectivity index (χ3v) is 3.96. The number of carbonyl (C=O) groups excluding carboxylic acids is 1. The molecule has 0 aromatic heterocycles. The van der Waals surface area contributed by atoms with Crippen LogP contribution in [0, 0.1) is 0 Å². The standard InChI is InChI=1S/C17H17Cl2NO3/c1-23-16-14(19)8-7-13(18)15(16)17(22)20(9-10-21)11-12-5-3-2-4-6-12/h2-8,21H,9-11H2,1H3. The van der Waals surface area contributed by atoms with Gasteiger partial charge in [-0.2, -0.15) is 0 Å². The average molecular weight is 354 g/mol. The number of rotatable bonds is 6. The molecular weight excluding hydrogens is 337 g/mol. The van der Waals surface area contributed by atoms with E-state index in [4.69, 9.17) is 27.9 Å². The van der Waals surface area contributed by atoms with Crippen LogP contribution >= 0.6 is 23.2 Å². The molecule has 2 aromatic carbocycles. The van der Waals surface area contributed by atoms with E-state index in [0.29, 0.717) is 11.6 Å². The first kappa shape index (κ1) is 17.6. The van der Waals surface area contributed by atoms with E-state index in [-0.39, 0.29) is 35.4 Å². The number of nitrogens with zero attached hydrogens (tertiary/aromatic N) is 1. The smallest absolute Gasteiger partial charge is 0.259 e. The highest BCUT2D eigenvalue weighted by atomic mass is 35.5. The molecule has 1 N–H and O–H groups in total. The van der Waals surface area contributed by atoms with Gasteiger partial charge in [-0.05, 0) is 17.7 Å². The van der Waals surface area contributed by atoms with Crippen LogP contribution in [0.4, 0.5) is 0 Å². The van der Waals surface area contributed by atoms with Gasteiger partial charge >= 0.3 is 0 Å². The Labute approximate surface area is 145 Å². The molecule has 0 spiro atoms. The van der Waals surface area contributed by atoms with Gasteiger partial charge < -0.3 is 14.7 Å². The number of carbonyl (C=O) groups is 1. The van der Waals surface area contributed by atoms with Crippen molar-refractivity contribution in [3.05, 3.63) is 63.6 Å². The van der Waals surface area contributed by atoms with Crippen LogP contribution in [-0.2, 0) is 6.54 Å². The highest BCUT2D eigenvalue weighted by molar-refractivity contribution is 6.37. The Morgan fingerprint density at radius 1 is 1.13 bits per heavy atom. The van der Waals surface area contributed by atoms with Crippen molar-refractivity contribution in [2.45, 2.75) is 6.54 Å². The molecule has 0 unspecified atom stereocenters. The molecule has 0 fully saturated rings. The van der Waals surface area contributed by atoms with Gasteiger partial charge in [-0.25, -0.2) is 0 Å². The van der Waals surface area contributed by atoms with Crippen molar-refractivity contribution < 1.29 is 14.6 Å². The molecule has 0 saturated carbocycles. The summed E-state index contributed by atoms with van der Waals surface area (Å²) in [6.45, 7) is 0.380. The van der Waals surface area contributed by atoms with Crippen LogP contribution in [0.15, 0.2) is 42.5 Å². The predicted molar refractivity (Wildman–Crippen MR) is 91.3 cm³/mol. The summed E-state index contributed by atoms with van der Waals surface area (Å²) in [7, 11) is 1.43. The first-order valence-electron chi connectivity index (χ1n) is 7.04. The van der Waals surface area contributed by atoms with Gasteiger partial charge in [0.15, 0.2) is 5.75 Å². The lowest BCUT2D eigenvalue weighted by Crippen LogP contribution is -2.33. The van der Waals surface area contributed by atoms with Crippen LogP contribution in [0.1, 0.15) is 15.9 Å². The first-order valence-corrected chi connectivity index (χ1v) is 7.80. The summed E-state index contributed by atoms with van der Waals surface area (Å²) in [6, 6.07) is 12.6. The van der Waals surface area contributed by atoms with Gasteiger partial charge in [-0.15, -0.1) is 0 Å². The zero-order valence-corrected chi connectivity index (χ0v) is 14.1. The second-order valence-electron chi connectivity index (χ2n) is 4.87. The van der Waals surface area contributed by atoms with E-state index in [9.17, 15) is 9.90 Å². The zero-order valence-electron chi connectivity index (χ0n) is 12.6. The van der Waals surface area contributed by atoms with E-state index in [1.165, 1.54) is 12.0 Å². The number of benzene rings is 2. The van der Waals surface area contributed by atoms with Crippen LogP contribution < -0.4 is 4.74 Å². The Morgan fingerprint density at radius 2 is 1.78 bits per heavy atom. The van der Waals surface area contributed by atoms with Gasteiger partial charge in [-0.1, -0.05) is 53.5 Å². The van der Waals surface area contributed by atoms with Gasteiger partial charge in [-0.3, -0.25) is 4.79 Å². The average Bonchev–Trinajstić information content (AvgIpc) is 2.56. The molecule has 0 aliphatic carbocycles. The Kier molecular flexibility index (Phi) is 6.28. The van der Waals surface area contributed by atoms with Crippen molar-refractivity contribution in [2.75, 3.05) is 20.3 Å². The molecule has 1 amide bonds. The van der Waals surface area contributed by atoms with Gasteiger partial charge in [0.2, 0.25) is 0 Å². The summed E-state index contributed by atoms with van der Waals surface area (Å²) in [5.74, 6) is -0.104. The minimum Gasteiger partial charge on any atom is -0.494 e. The zero-order chi connectivity index (χ0) is 16.8. The molecule has 0 radical (unpaired) electrons. The molecule has 2 rings (SSSR count). The third kappa shape index (κ3) is 4.16. The SMILES string of the molecule is COc1c(Cl)ccc(Cl)c1C(=O)N(CCO)Cc1ccccc1. The predicted octanol–water partition coefficient (Wildman–Crippen LogP) is 3.64. The van der Waals surface area contributed by atoms with Crippen molar-refractivity contribution >= 4 is 29.1 Å². The lowest BCUT2D eigenvalue weighted by Gasteiger charge is -2.23. The minimum absolute atomic E-state index is 0.154. The van der Waals surface area contributed by atoms with Crippen LogP contribution in [-0.4, -0.2) is 36.2 Å². The maximum Gasteiger partial charge on any atom is 0.259 e. The fourth-order valence-electron chi connectivity index (χ4n) is 2.27.